The van der Waals surface area contributed by atoms with Crippen LogP contribution in [0.15, 0.2) is 18.7 Å². The van der Waals surface area contributed by atoms with Crippen LogP contribution in [-0.2, 0) is 0 Å². The first-order valence-electron chi connectivity index (χ1n) is 3.67. The molecule has 1 rings (SSSR count). The van der Waals surface area contributed by atoms with Crippen LogP contribution in [0.5, 0.6) is 5.75 Å². The molecule has 0 radical (unpaired) electrons. The molecule has 1 aromatic rings. The Morgan fingerprint density at radius 2 is 2.08 bits per heavy atom. The first-order chi connectivity index (χ1) is 5.52. The summed E-state index contributed by atoms with van der Waals surface area (Å²) in [5.41, 5.74) is 2.40. The zero-order chi connectivity index (χ0) is 9.30. The molecule has 0 unspecified atom stereocenters. The van der Waals surface area contributed by atoms with E-state index in [4.69, 9.17) is 11.6 Å². The highest BCUT2D eigenvalue weighted by Gasteiger charge is 2.04. The number of phenols is 1. The molecule has 1 N–H and O–H groups in total. The van der Waals surface area contributed by atoms with Crippen molar-refractivity contribution in [1.29, 1.82) is 0 Å². The maximum Gasteiger partial charge on any atom is 0.123 e. The summed E-state index contributed by atoms with van der Waals surface area (Å²) in [7, 11) is 0. The molecule has 0 heterocycles. The van der Waals surface area contributed by atoms with Crippen LogP contribution in [0.3, 0.4) is 0 Å². The molecule has 12 heavy (non-hydrogen) atoms. The van der Waals surface area contributed by atoms with E-state index in [-0.39, 0.29) is 5.75 Å². The van der Waals surface area contributed by atoms with Crippen molar-refractivity contribution in [3.05, 3.63) is 34.9 Å². The Morgan fingerprint density at radius 3 is 2.58 bits per heavy atom. The lowest BCUT2D eigenvalue weighted by Gasteiger charge is -2.06. The summed E-state index contributed by atoms with van der Waals surface area (Å²) in [6.07, 6.45) is 0. The quantitative estimate of drug-likeness (QED) is 0.706. The van der Waals surface area contributed by atoms with E-state index in [2.05, 4.69) is 6.58 Å². The molecule has 0 saturated heterocycles. The van der Waals surface area contributed by atoms with E-state index >= 15 is 0 Å². The van der Waals surface area contributed by atoms with Gasteiger partial charge >= 0.3 is 0 Å². The van der Waals surface area contributed by atoms with Crippen molar-refractivity contribution in [1.82, 2.24) is 0 Å². The highest BCUT2D eigenvalue weighted by atomic mass is 35.5. The second-order valence-corrected chi connectivity index (χ2v) is 3.31. The average Bonchev–Trinajstić information content (AvgIpc) is 1.96. The molecule has 1 nitrogen and oxygen atoms in total. The lowest BCUT2D eigenvalue weighted by molar-refractivity contribution is 0.473. The fourth-order valence-electron chi connectivity index (χ4n) is 1.01. The molecule has 2 heteroatoms. The molecule has 0 atom stereocenters. The Hall–Kier alpha value is -0.950. The van der Waals surface area contributed by atoms with Crippen molar-refractivity contribution in [2.24, 2.45) is 0 Å². The standard InChI is InChI=1S/C10H11ClO/c1-6(2)8-5-9(11)7(3)4-10(8)12/h4-5,12H,1H2,2-3H3. The minimum Gasteiger partial charge on any atom is -0.507 e. The van der Waals surface area contributed by atoms with Crippen molar-refractivity contribution in [3.63, 3.8) is 0 Å². The van der Waals surface area contributed by atoms with E-state index in [0.717, 1.165) is 11.1 Å². The van der Waals surface area contributed by atoms with Gasteiger partial charge in [0.15, 0.2) is 0 Å². The number of allylic oxidation sites excluding steroid dienone is 1. The third kappa shape index (κ3) is 1.62. The molecule has 0 aromatic heterocycles. The van der Waals surface area contributed by atoms with Crippen LogP contribution in [0.2, 0.25) is 5.02 Å². The minimum absolute atomic E-state index is 0.240. The number of aromatic hydroxyl groups is 1. The second-order valence-electron chi connectivity index (χ2n) is 2.90. The van der Waals surface area contributed by atoms with Crippen LogP contribution in [0.25, 0.3) is 5.57 Å². The van der Waals surface area contributed by atoms with Gasteiger partial charge in [0.05, 0.1) is 0 Å². The van der Waals surface area contributed by atoms with Gasteiger partial charge in [-0.2, -0.15) is 0 Å². The van der Waals surface area contributed by atoms with Crippen molar-refractivity contribution in [2.75, 3.05) is 0 Å². The summed E-state index contributed by atoms with van der Waals surface area (Å²) in [4.78, 5) is 0. The number of benzene rings is 1. The van der Waals surface area contributed by atoms with Gasteiger partial charge in [-0.15, -0.1) is 0 Å². The Balaban J connectivity index is 3.33. The SMILES string of the molecule is C=C(C)c1cc(Cl)c(C)cc1O. The summed E-state index contributed by atoms with van der Waals surface area (Å²) in [6.45, 7) is 7.42. The number of rotatable bonds is 1. The van der Waals surface area contributed by atoms with Crippen LogP contribution in [0.4, 0.5) is 0 Å². The topological polar surface area (TPSA) is 20.2 Å². The third-order valence-electron chi connectivity index (χ3n) is 1.74. The monoisotopic (exact) mass is 182 g/mol. The highest BCUT2D eigenvalue weighted by Crippen LogP contribution is 2.29. The summed E-state index contributed by atoms with van der Waals surface area (Å²) in [5.74, 6) is 0.240. The molecule has 0 aliphatic rings. The smallest absolute Gasteiger partial charge is 0.123 e. The van der Waals surface area contributed by atoms with Crippen molar-refractivity contribution in [3.8, 4) is 5.75 Å². The molecular weight excluding hydrogens is 172 g/mol. The molecule has 64 valence electrons. The van der Waals surface area contributed by atoms with Gasteiger partial charge in [-0.1, -0.05) is 18.2 Å². The fourth-order valence-corrected chi connectivity index (χ4v) is 1.17. The molecule has 0 spiro atoms. The Kier molecular flexibility index (Phi) is 2.43. The Morgan fingerprint density at radius 1 is 1.50 bits per heavy atom. The van der Waals surface area contributed by atoms with Crippen molar-refractivity contribution in [2.45, 2.75) is 13.8 Å². The maximum absolute atomic E-state index is 9.47. The molecule has 0 aliphatic heterocycles. The number of aryl methyl sites for hydroxylation is 1. The lowest BCUT2D eigenvalue weighted by atomic mass is 10.1. The highest BCUT2D eigenvalue weighted by molar-refractivity contribution is 6.31. The van der Waals surface area contributed by atoms with E-state index in [1.165, 1.54) is 0 Å². The van der Waals surface area contributed by atoms with Gasteiger partial charge in [-0.3, -0.25) is 0 Å². The van der Waals surface area contributed by atoms with Gasteiger partial charge in [-0.05, 0) is 37.1 Å². The maximum atomic E-state index is 9.47. The number of hydrogen-bond acceptors (Lipinski definition) is 1. The van der Waals surface area contributed by atoms with Crippen molar-refractivity contribution < 1.29 is 5.11 Å². The van der Waals surface area contributed by atoms with Crippen LogP contribution >= 0.6 is 11.6 Å². The van der Waals surface area contributed by atoms with Gasteiger partial charge < -0.3 is 5.11 Å². The zero-order valence-corrected chi connectivity index (χ0v) is 7.94. The zero-order valence-electron chi connectivity index (χ0n) is 7.19. The molecule has 0 bridgehead atoms. The van der Waals surface area contributed by atoms with Gasteiger partial charge in [0.25, 0.3) is 0 Å². The molecule has 0 saturated carbocycles. The predicted octanol–water partition coefficient (Wildman–Crippen LogP) is 3.39. The van der Waals surface area contributed by atoms with E-state index in [0.29, 0.717) is 10.6 Å². The third-order valence-corrected chi connectivity index (χ3v) is 2.14. The first-order valence-corrected chi connectivity index (χ1v) is 4.05. The van der Waals surface area contributed by atoms with E-state index < -0.39 is 0 Å². The van der Waals surface area contributed by atoms with E-state index in [9.17, 15) is 5.11 Å². The van der Waals surface area contributed by atoms with Gasteiger partial charge in [-0.25, -0.2) is 0 Å². The van der Waals surface area contributed by atoms with Crippen molar-refractivity contribution >= 4 is 17.2 Å². The Labute approximate surface area is 77.3 Å². The summed E-state index contributed by atoms with van der Waals surface area (Å²) >= 11 is 5.88. The second kappa shape index (κ2) is 3.20. The first kappa shape index (κ1) is 9.14. The molecule has 0 fully saturated rings. The molecule has 0 amide bonds. The van der Waals surface area contributed by atoms with Crippen LogP contribution in [0, 0.1) is 6.92 Å². The Bertz CT molecular complexity index is 329. The molecule has 1 aromatic carbocycles. The molecular formula is C10H11ClO. The summed E-state index contributed by atoms with van der Waals surface area (Å²) in [6, 6.07) is 3.38. The van der Waals surface area contributed by atoms with Crippen LogP contribution in [-0.4, -0.2) is 5.11 Å². The largest absolute Gasteiger partial charge is 0.507 e. The van der Waals surface area contributed by atoms with Gasteiger partial charge in [0.2, 0.25) is 0 Å². The number of hydrogen-bond donors (Lipinski definition) is 1. The lowest BCUT2D eigenvalue weighted by Crippen LogP contribution is -1.83. The molecule has 0 aliphatic carbocycles. The number of halogens is 1. The predicted molar refractivity (Wildman–Crippen MR) is 52.6 cm³/mol. The number of phenolic OH excluding ortho intramolecular Hbond substituents is 1. The average molecular weight is 183 g/mol. The summed E-state index contributed by atoms with van der Waals surface area (Å²) in [5, 5.41) is 10.1. The summed E-state index contributed by atoms with van der Waals surface area (Å²) < 4.78 is 0. The van der Waals surface area contributed by atoms with Crippen LogP contribution in [0.1, 0.15) is 18.1 Å². The van der Waals surface area contributed by atoms with Gasteiger partial charge in [0.1, 0.15) is 5.75 Å². The normalized spacial score (nSPS) is 9.92. The fraction of sp³-hybridized carbons (Fsp3) is 0.200. The van der Waals surface area contributed by atoms with Crippen LogP contribution < -0.4 is 0 Å². The minimum atomic E-state index is 0.240. The van der Waals surface area contributed by atoms with E-state index in [1.54, 1.807) is 12.1 Å². The van der Waals surface area contributed by atoms with E-state index in [1.807, 2.05) is 13.8 Å². The van der Waals surface area contributed by atoms with Gasteiger partial charge in [0, 0.05) is 10.6 Å².